The number of thiol groups is 1. The zero-order valence-corrected chi connectivity index (χ0v) is 17.1. The third-order valence-corrected chi connectivity index (χ3v) is 7.86. The largest absolute Gasteiger partial charge is 0.494 e. The maximum absolute atomic E-state index is 10.6. The van der Waals surface area contributed by atoms with Gasteiger partial charge >= 0.3 is 0 Å². The first-order valence-electron chi connectivity index (χ1n) is 9.46. The Bertz CT molecular complexity index is 761. The summed E-state index contributed by atoms with van der Waals surface area (Å²) in [7, 11) is -0.603. The lowest BCUT2D eigenvalue weighted by Gasteiger charge is -2.42. The highest BCUT2D eigenvalue weighted by Gasteiger charge is 2.40. The fraction of sp³-hybridized carbons (Fsp3) is 0.455. The first kappa shape index (κ1) is 20.2. The maximum Gasteiger partial charge on any atom is 0.119 e. The van der Waals surface area contributed by atoms with Crippen molar-refractivity contribution in [1.82, 2.24) is 0 Å². The van der Waals surface area contributed by atoms with Gasteiger partial charge in [-0.25, -0.2) is 10.9 Å². The number of hydrogen-bond donors (Lipinski definition) is 4. The van der Waals surface area contributed by atoms with Crippen molar-refractivity contribution in [3.8, 4) is 5.75 Å². The summed E-state index contributed by atoms with van der Waals surface area (Å²) in [6, 6.07) is 14.4. The maximum atomic E-state index is 10.6. The van der Waals surface area contributed by atoms with E-state index in [1.165, 1.54) is 16.7 Å². The highest BCUT2D eigenvalue weighted by atomic mass is 32.2. The van der Waals surface area contributed by atoms with E-state index in [0.29, 0.717) is 12.4 Å². The summed E-state index contributed by atoms with van der Waals surface area (Å²) in [5.41, 5.74) is 4.68. The predicted molar refractivity (Wildman–Crippen MR) is 112 cm³/mol. The van der Waals surface area contributed by atoms with E-state index in [-0.39, 0.29) is 5.25 Å². The van der Waals surface area contributed by atoms with E-state index in [1.807, 2.05) is 25.1 Å². The molecular weight excluding hydrogens is 360 g/mol. The molecule has 1 saturated heterocycles. The zero-order valence-electron chi connectivity index (χ0n) is 16.2. The predicted octanol–water partition coefficient (Wildman–Crippen LogP) is 2.75. The van der Waals surface area contributed by atoms with Crippen LogP contribution in [0.5, 0.6) is 5.75 Å². The topological polar surface area (TPSA) is 69.9 Å². The van der Waals surface area contributed by atoms with Crippen molar-refractivity contribution in [2.75, 3.05) is 18.6 Å². The minimum absolute atomic E-state index is 0.113. The molecule has 1 aliphatic rings. The van der Waals surface area contributed by atoms with Gasteiger partial charge in [0.1, 0.15) is 11.9 Å². The molecule has 0 aliphatic carbocycles. The highest BCUT2D eigenvalue weighted by Crippen LogP contribution is 2.48. The van der Waals surface area contributed by atoms with Crippen LogP contribution in [0.3, 0.4) is 0 Å². The van der Waals surface area contributed by atoms with Crippen molar-refractivity contribution in [3.63, 3.8) is 0 Å². The van der Waals surface area contributed by atoms with Gasteiger partial charge in [0.05, 0.1) is 18.8 Å². The highest BCUT2D eigenvalue weighted by molar-refractivity contribution is 8.16. The molecule has 1 heterocycles. The number of aliphatic hydroxyl groups excluding tert-OH is 3. The van der Waals surface area contributed by atoms with Crippen molar-refractivity contribution in [2.24, 2.45) is 0 Å². The normalized spacial score (nSPS) is 29.5. The molecule has 3 N–H and O–H groups in total. The van der Waals surface area contributed by atoms with Crippen molar-refractivity contribution < 1.29 is 20.1 Å². The molecule has 27 heavy (non-hydrogen) atoms. The molecule has 0 saturated carbocycles. The first-order chi connectivity index (χ1) is 12.9. The van der Waals surface area contributed by atoms with Gasteiger partial charge in [0.2, 0.25) is 0 Å². The van der Waals surface area contributed by atoms with Crippen LogP contribution in [-0.2, 0) is 6.42 Å². The standard InChI is InChI=1S/C22H30O4S/c1-4-26-18-9-6-15(7-10-18)11-17-12-16(8-5-14(17)2)22-21(25)20(24)19(23)13-27(22)3/h5-10,12,19-25,27H,4,11,13H2,1-3H3/t19-,20-,21-,22+/m1/s1. The summed E-state index contributed by atoms with van der Waals surface area (Å²) in [5, 5.41) is 30.5. The average Bonchev–Trinajstić information content (AvgIpc) is 2.64. The van der Waals surface area contributed by atoms with Gasteiger partial charge in [0, 0.05) is 11.0 Å². The fourth-order valence-corrected chi connectivity index (χ4v) is 6.20. The van der Waals surface area contributed by atoms with Crippen LogP contribution in [0, 0.1) is 6.92 Å². The van der Waals surface area contributed by atoms with Crippen LogP contribution < -0.4 is 4.74 Å². The Morgan fingerprint density at radius 1 is 1.04 bits per heavy atom. The molecule has 1 unspecified atom stereocenters. The van der Waals surface area contributed by atoms with Crippen LogP contribution in [0.4, 0.5) is 0 Å². The molecular formula is C22H30O4S. The second kappa shape index (κ2) is 8.65. The molecule has 4 nitrogen and oxygen atoms in total. The molecule has 3 rings (SSSR count). The molecule has 0 amide bonds. The van der Waals surface area contributed by atoms with Gasteiger partial charge in [-0.05, 0) is 60.9 Å². The van der Waals surface area contributed by atoms with Crippen LogP contribution in [0.25, 0.3) is 0 Å². The lowest BCUT2D eigenvalue weighted by Crippen LogP contribution is -2.47. The monoisotopic (exact) mass is 390 g/mol. The Morgan fingerprint density at radius 3 is 2.41 bits per heavy atom. The van der Waals surface area contributed by atoms with E-state index in [4.69, 9.17) is 4.74 Å². The van der Waals surface area contributed by atoms with E-state index < -0.39 is 29.2 Å². The summed E-state index contributed by atoms with van der Waals surface area (Å²) in [5.74, 6) is 1.43. The fourth-order valence-electron chi connectivity index (χ4n) is 3.80. The smallest absolute Gasteiger partial charge is 0.119 e. The van der Waals surface area contributed by atoms with Crippen molar-refractivity contribution in [2.45, 2.75) is 43.8 Å². The lowest BCUT2D eigenvalue weighted by atomic mass is 9.94. The van der Waals surface area contributed by atoms with Gasteiger partial charge in [-0.3, -0.25) is 0 Å². The minimum atomic E-state index is -1.08. The Balaban J connectivity index is 1.83. The SMILES string of the molecule is CCOc1ccc(Cc2cc([C@H]3[C@H](O)[C@H](O)[C@H](O)C[SH]3C)ccc2C)cc1. The van der Waals surface area contributed by atoms with Crippen LogP contribution in [0.1, 0.15) is 34.4 Å². The van der Waals surface area contributed by atoms with E-state index >= 15 is 0 Å². The van der Waals surface area contributed by atoms with Crippen molar-refractivity contribution in [3.05, 3.63) is 64.7 Å². The van der Waals surface area contributed by atoms with E-state index in [0.717, 1.165) is 17.7 Å². The molecule has 0 bridgehead atoms. The Labute approximate surface area is 164 Å². The minimum Gasteiger partial charge on any atom is -0.494 e. The summed E-state index contributed by atoms with van der Waals surface area (Å²) >= 11 is 0. The third kappa shape index (κ3) is 4.49. The van der Waals surface area contributed by atoms with Gasteiger partial charge in [-0.2, -0.15) is 0 Å². The molecule has 2 aromatic carbocycles. The first-order valence-corrected chi connectivity index (χ1v) is 11.5. The number of rotatable bonds is 5. The Morgan fingerprint density at radius 2 is 1.74 bits per heavy atom. The van der Waals surface area contributed by atoms with Crippen LogP contribution in [-0.4, -0.2) is 52.2 Å². The van der Waals surface area contributed by atoms with E-state index in [1.54, 1.807) is 0 Å². The molecule has 148 valence electrons. The van der Waals surface area contributed by atoms with Gasteiger partial charge < -0.3 is 20.1 Å². The van der Waals surface area contributed by atoms with Gasteiger partial charge in [-0.15, -0.1) is 0 Å². The number of aryl methyl sites for hydroxylation is 1. The van der Waals surface area contributed by atoms with Crippen LogP contribution >= 0.6 is 10.9 Å². The molecule has 5 atom stereocenters. The number of aliphatic hydroxyl groups is 3. The van der Waals surface area contributed by atoms with Crippen LogP contribution in [0.2, 0.25) is 0 Å². The molecule has 2 aromatic rings. The van der Waals surface area contributed by atoms with E-state index in [9.17, 15) is 15.3 Å². The third-order valence-electron chi connectivity index (χ3n) is 5.36. The van der Waals surface area contributed by atoms with Crippen LogP contribution in [0.15, 0.2) is 42.5 Å². The zero-order chi connectivity index (χ0) is 19.6. The summed E-state index contributed by atoms with van der Waals surface area (Å²) in [6.45, 7) is 4.73. The lowest BCUT2D eigenvalue weighted by molar-refractivity contribution is -0.0561. The average molecular weight is 391 g/mol. The molecule has 0 aromatic heterocycles. The molecule has 0 radical (unpaired) electrons. The van der Waals surface area contributed by atoms with Crippen molar-refractivity contribution in [1.29, 1.82) is 0 Å². The van der Waals surface area contributed by atoms with Gasteiger partial charge in [0.15, 0.2) is 0 Å². The summed E-state index contributed by atoms with van der Waals surface area (Å²) in [4.78, 5) is 0. The second-order valence-electron chi connectivity index (χ2n) is 7.37. The molecule has 1 aliphatic heterocycles. The van der Waals surface area contributed by atoms with Gasteiger partial charge in [0.25, 0.3) is 0 Å². The number of hydrogen-bond acceptors (Lipinski definition) is 4. The van der Waals surface area contributed by atoms with E-state index in [2.05, 4.69) is 37.4 Å². The van der Waals surface area contributed by atoms with Crippen molar-refractivity contribution >= 4 is 10.9 Å². The quantitative estimate of drug-likeness (QED) is 0.593. The summed E-state index contributed by atoms with van der Waals surface area (Å²) in [6.07, 6.45) is 0.0584. The molecule has 5 heteroatoms. The Kier molecular flexibility index (Phi) is 6.48. The number of benzene rings is 2. The molecule has 0 spiro atoms. The molecule has 1 fully saturated rings. The Hall–Kier alpha value is -1.53. The number of ether oxygens (including phenoxy) is 1. The summed E-state index contributed by atoms with van der Waals surface area (Å²) < 4.78 is 5.51. The second-order valence-corrected chi connectivity index (χ2v) is 9.81. The van der Waals surface area contributed by atoms with Gasteiger partial charge in [-0.1, -0.05) is 30.3 Å².